The van der Waals surface area contributed by atoms with Gasteiger partial charge in [-0.3, -0.25) is 9.59 Å². The number of ether oxygens (including phenoxy) is 2. The molecule has 0 aliphatic rings. The van der Waals surface area contributed by atoms with Gasteiger partial charge >= 0.3 is 5.97 Å². The molecule has 0 aromatic heterocycles. The first-order valence-electron chi connectivity index (χ1n) is 5.05. The number of aromatic hydroxyl groups is 1. The fourth-order valence-electron chi connectivity index (χ4n) is 1.31. The number of rotatable bonds is 5. The van der Waals surface area contributed by atoms with Crippen LogP contribution in [0.15, 0.2) is 18.2 Å². The average Bonchev–Trinajstić information content (AvgIpc) is 2.35. The van der Waals surface area contributed by atoms with Gasteiger partial charge in [0.1, 0.15) is 0 Å². The Morgan fingerprint density at radius 3 is 2.53 bits per heavy atom. The number of methoxy groups -OCH3 is 2. The first-order chi connectivity index (χ1) is 8.08. The van der Waals surface area contributed by atoms with Gasteiger partial charge in [-0.1, -0.05) is 0 Å². The molecule has 0 bridgehead atoms. The van der Waals surface area contributed by atoms with Crippen LogP contribution in [0.1, 0.15) is 23.2 Å². The SMILES string of the molecule is COC(=O)CCC(=O)c1ccc(O)c(OC)c1. The van der Waals surface area contributed by atoms with E-state index in [0.717, 1.165) is 0 Å². The summed E-state index contributed by atoms with van der Waals surface area (Å²) in [7, 11) is 2.67. The summed E-state index contributed by atoms with van der Waals surface area (Å²) in [6.45, 7) is 0. The molecule has 1 rings (SSSR count). The van der Waals surface area contributed by atoms with Crippen LogP contribution in [0, 0.1) is 0 Å². The molecule has 0 fully saturated rings. The van der Waals surface area contributed by atoms with E-state index in [4.69, 9.17) is 4.74 Å². The van der Waals surface area contributed by atoms with Crippen molar-refractivity contribution in [3.05, 3.63) is 23.8 Å². The summed E-state index contributed by atoms with van der Waals surface area (Å²) in [5.41, 5.74) is 0.392. The largest absolute Gasteiger partial charge is 0.504 e. The second-order valence-electron chi connectivity index (χ2n) is 3.39. The summed E-state index contributed by atoms with van der Waals surface area (Å²) in [5.74, 6) is -0.427. The standard InChI is InChI=1S/C12H14O5/c1-16-11-7-8(3-4-10(11)14)9(13)5-6-12(15)17-2/h3-4,7,14H,5-6H2,1-2H3. The van der Waals surface area contributed by atoms with Gasteiger partial charge in [0, 0.05) is 12.0 Å². The summed E-state index contributed by atoms with van der Waals surface area (Å²) >= 11 is 0. The van der Waals surface area contributed by atoms with Crippen LogP contribution in [0.5, 0.6) is 11.5 Å². The van der Waals surface area contributed by atoms with Crippen molar-refractivity contribution >= 4 is 11.8 Å². The molecular formula is C12H14O5. The summed E-state index contributed by atoms with van der Waals surface area (Å²) in [6, 6.07) is 4.30. The van der Waals surface area contributed by atoms with Crippen molar-refractivity contribution in [2.75, 3.05) is 14.2 Å². The number of esters is 1. The van der Waals surface area contributed by atoms with Gasteiger partial charge in [-0.15, -0.1) is 0 Å². The number of hydrogen-bond acceptors (Lipinski definition) is 5. The van der Waals surface area contributed by atoms with Crippen LogP contribution in [0.4, 0.5) is 0 Å². The van der Waals surface area contributed by atoms with Crippen LogP contribution in [-0.2, 0) is 9.53 Å². The highest BCUT2D eigenvalue weighted by molar-refractivity contribution is 5.98. The predicted octanol–water partition coefficient (Wildman–Crippen LogP) is 1.54. The van der Waals surface area contributed by atoms with Gasteiger partial charge in [-0.25, -0.2) is 0 Å². The fraction of sp³-hybridized carbons (Fsp3) is 0.333. The van der Waals surface area contributed by atoms with Gasteiger partial charge in [0.15, 0.2) is 17.3 Å². The van der Waals surface area contributed by atoms with E-state index in [0.29, 0.717) is 5.56 Å². The van der Waals surface area contributed by atoms with Crippen LogP contribution in [0.2, 0.25) is 0 Å². The number of ketones is 1. The number of hydrogen-bond donors (Lipinski definition) is 1. The number of phenols is 1. The van der Waals surface area contributed by atoms with Crippen LogP contribution in [0.25, 0.3) is 0 Å². The van der Waals surface area contributed by atoms with E-state index in [1.165, 1.54) is 32.4 Å². The van der Waals surface area contributed by atoms with Crippen molar-refractivity contribution in [3.63, 3.8) is 0 Å². The summed E-state index contributed by atoms with van der Waals surface area (Å²) in [6.07, 6.45) is 0.110. The molecule has 0 aliphatic heterocycles. The Morgan fingerprint density at radius 2 is 1.94 bits per heavy atom. The molecule has 17 heavy (non-hydrogen) atoms. The molecule has 92 valence electrons. The molecule has 5 heteroatoms. The van der Waals surface area contributed by atoms with Crippen LogP contribution >= 0.6 is 0 Å². The Balaban J connectivity index is 2.72. The van der Waals surface area contributed by atoms with E-state index in [1.807, 2.05) is 0 Å². The second kappa shape index (κ2) is 5.89. The third kappa shape index (κ3) is 3.48. The molecule has 0 unspecified atom stereocenters. The van der Waals surface area contributed by atoms with E-state index < -0.39 is 5.97 Å². The number of carbonyl (C=O) groups is 2. The maximum Gasteiger partial charge on any atom is 0.305 e. The third-order valence-electron chi connectivity index (χ3n) is 2.29. The Hall–Kier alpha value is -2.04. The second-order valence-corrected chi connectivity index (χ2v) is 3.39. The highest BCUT2D eigenvalue weighted by Gasteiger charge is 2.11. The van der Waals surface area contributed by atoms with Crippen molar-refractivity contribution in [3.8, 4) is 11.5 Å². The molecular weight excluding hydrogens is 224 g/mol. The van der Waals surface area contributed by atoms with Crippen molar-refractivity contribution in [2.45, 2.75) is 12.8 Å². The minimum absolute atomic E-state index is 0.0305. The smallest absolute Gasteiger partial charge is 0.305 e. The first-order valence-corrected chi connectivity index (χ1v) is 5.05. The van der Waals surface area contributed by atoms with Crippen molar-refractivity contribution < 1.29 is 24.2 Å². The third-order valence-corrected chi connectivity index (χ3v) is 2.29. The molecule has 0 saturated heterocycles. The lowest BCUT2D eigenvalue weighted by Crippen LogP contribution is -2.06. The van der Waals surface area contributed by atoms with Crippen molar-refractivity contribution in [2.24, 2.45) is 0 Å². The number of benzene rings is 1. The van der Waals surface area contributed by atoms with Gasteiger partial charge < -0.3 is 14.6 Å². The van der Waals surface area contributed by atoms with Crippen LogP contribution in [0.3, 0.4) is 0 Å². The van der Waals surface area contributed by atoms with Gasteiger partial charge in [0.25, 0.3) is 0 Å². The van der Waals surface area contributed by atoms with E-state index in [-0.39, 0.29) is 30.1 Å². The summed E-state index contributed by atoms with van der Waals surface area (Å²) < 4.78 is 9.33. The minimum atomic E-state index is -0.427. The summed E-state index contributed by atoms with van der Waals surface area (Å²) in [4.78, 5) is 22.6. The van der Waals surface area contributed by atoms with E-state index in [1.54, 1.807) is 0 Å². The lowest BCUT2D eigenvalue weighted by molar-refractivity contribution is -0.140. The predicted molar refractivity (Wildman–Crippen MR) is 60.2 cm³/mol. The van der Waals surface area contributed by atoms with E-state index >= 15 is 0 Å². The molecule has 0 atom stereocenters. The maximum atomic E-state index is 11.7. The zero-order valence-electron chi connectivity index (χ0n) is 9.73. The van der Waals surface area contributed by atoms with Crippen molar-refractivity contribution in [1.29, 1.82) is 0 Å². The topological polar surface area (TPSA) is 72.8 Å². The lowest BCUT2D eigenvalue weighted by atomic mass is 10.1. The normalized spacial score (nSPS) is 9.76. The number of Topliss-reactive ketones (excluding diaryl/α,β-unsaturated/α-hetero) is 1. The molecule has 0 radical (unpaired) electrons. The molecule has 0 spiro atoms. The molecule has 1 aromatic carbocycles. The number of phenolic OH excluding ortho intramolecular Hbond substituents is 1. The average molecular weight is 238 g/mol. The van der Waals surface area contributed by atoms with Gasteiger partial charge in [0.2, 0.25) is 0 Å². The highest BCUT2D eigenvalue weighted by Crippen LogP contribution is 2.26. The zero-order valence-corrected chi connectivity index (χ0v) is 9.73. The number of carbonyl (C=O) groups excluding carboxylic acids is 2. The first kappa shape index (κ1) is 13.0. The van der Waals surface area contributed by atoms with Crippen LogP contribution in [-0.4, -0.2) is 31.1 Å². The zero-order chi connectivity index (χ0) is 12.8. The van der Waals surface area contributed by atoms with Crippen molar-refractivity contribution in [1.82, 2.24) is 0 Å². The Morgan fingerprint density at radius 1 is 1.24 bits per heavy atom. The Bertz CT molecular complexity index is 425. The minimum Gasteiger partial charge on any atom is -0.504 e. The molecule has 0 aliphatic carbocycles. The van der Waals surface area contributed by atoms with Gasteiger partial charge in [-0.2, -0.15) is 0 Å². The van der Waals surface area contributed by atoms with Crippen LogP contribution < -0.4 is 4.74 Å². The Labute approximate surface area is 99.0 Å². The molecule has 0 saturated carbocycles. The fourth-order valence-corrected chi connectivity index (χ4v) is 1.31. The summed E-state index contributed by atoms with van der Waals surface area (Å²) in [5, 5.41) is 9.36. The highest BCUT2D eigenvalue weighted by atomic mass is 16.5. The Kier molecular flexibility index (Phi) is 4.51. The van der Waals surface area contributed by atoms with Gasteiger partial charge in [-0.05, 0) is 18.2 Å². The maximum absolute atomic E-state index is 11.7. The molecule has 5 nitrogen and oxygen atoms in total. The lowest BCUT2D eigenvalue weighted by Gasteiger charge is -2.05. The monoisotopic (exact) mass is 238 g/mol. The molecule has 1 aromatic rings. The molecule has 0 amide bonds. The molecule has 0 heterocycles. The quantitative estimate of drug-likeness (QED) is 0.622. The van der Waals surface area contributed by atoms with Gasteiger partial charge in [0.05, 0.1) is 20.6 Å². The van der Waals surface area contributed by atoms with E-state index in [2.05, 4.69) is 4.74 Å². The molecule has 1 N–H and O–H groups in total. The van der Waals surface area contributed by atoms with E-state index in [9.17, 15) is 14.7 Å².